The van der Waals surface area contributed by atoms with Crippen LogP contribution in [0.5, 0.6) is 0 Å². The van der Waals surface area contributed by atoms with Crippen LogP contribution in [0.3, 0.4) is 0 Å². The monoisotopic (exact) mass is 436 g/mol. The average molecular weight is 437 g/mol. The van der Waals surface area contributed by atoms with Crippen LogP contribution in [0.15, 0.2) is 77.7 Å². The number of carbonyl (C=O) groups excluding carboxylic acids is 1. The molecule has 1 amide bonds. The van der Waals surface area contributed by atoms with E-state index in [1.54, 1.807) is 30.3 Å². The molecule has 3 rings (SSSR count). The van der Waals surface area contributed by atoms with Crippen LogP contribution in [-0.4, -0.2) is 20.9 Å². The molecule has 3 aromatic carbocycles. The Morgan fingerprint density at radius 1 is 0.871 bits per heavy atom. The molecule has 31 heavy (non-hydrogen) atoms. The van der Waals surface area contributed by atoms with Gasteiger partial charge in [-0.2, -0.15) is 0 Å². The van der Waals surface area contributed by atoms with E-state index in [1.807, 2.05) is 58.0 Å². The Balaban J connectivity index is 1.89. The number of anilines is 1. The molecule has 0 radical (unpaired) electrons. The number of nitrogens with one attached hydrogen (secondary N) is 1. The van der Waals surface area contributed by atoms with Crippen molar-refractivity contribution < 1.29 is 13.2 Å². The Bertz CT molecular complexity index is 1170. The van der Waals surface area contributed by atoms with E-state index in [-0.39, 0.29) is 23.4 Å². The van der Waals surface area contributed by atoms with Crippen LogP contribution in [0.2, 0.25) is 0 Å². The lowest BCUT2D eigenvalue weighted by molar-refractivity contribution is -0.120. The van der Waals surface area contributed by atoms with Gasteiger partial charge in [0.05, 0.1) is 16.6 Å². The van der Waals surface area contributed by atoms with Gasteiger partial charge in [-0.05, 0) is 68.1 Å². The zero-order valence-corrected chi connectivity index (χ0v) is 19.1. The molecule has 0 aliphatic rings. The molecule has 0 aromatic heterocycles. The van der Waals surface area contributed by atoms with E-state index in [9.17, 15) is 13.2 Å². The summed E-state index contributed by atoms with van der Waals surface area (Å²) in [6.45, 7) is 7.48. The first-order valence-corrected chi connectivity index (χ1v) is 11.6. The molecule has 0 saturated heterocycles. The van der Waals surface area contributed by atoms with Crippen molar-refractivity contribution in [3.8, 4) is 0 Å². The number of amides is 1. The van der Waals surface area contributed by atoms with Gasteiger partial charge in [0.15, 0.2) is 0 Å². The number of para-hydroxylation sites is 1. The van der Waals surface area contributed by atoms with Crippen molar-refractivity contribution in [1.29, 1.82) is 0 Å². The van der Waals surface area contributed by atoms with Crippen molar-refractivity contribution in [2.75, 3.05) is 10.8 Å². The van der Waals surface area contributed by atoms with Crippen LogP contribution in [0.4, 0.5) is 5.69 Å². The van der Waals surface area contributed by atoms with Gasteiger partial charge in [-0.25, -0.2) is 8.42 Å². The first-order valence-electron chi connectivity index (χ1n) is 10.2. The maximum Gasteiger partial charge on any atom is 0.264 e. The Morgan fingerprint density at radius 2 is 1.52 bits per heavy atom. The highest BCUT2D eigenvalue weighted by molar-refractivity contribution is 7.92. The third-order valence-electron chi connectivity index (χ3n) is 5.41. The van der Waals surface area contributed by atoms with Crippen molar-refractivity contribution in [2.24, 2.45) is 0 Å². The standard InChI is InChI=1S/C25H28N2O3S/c1-18-14-15-22(16-20(18)3)21(4)26-25(28)17-27(24-13-9-8-10-19(24)2)31(29,30)23-11-6-5-7-12-23/h5-16,21H,17H2,1-4H3,(H,26,28). The lowest BCUT2D eigenvalue weighted by atomic mass is 10.0. The molecule has 1 N–H and O–H groups in total. The van der Waals surface area contributed by atoms with Gasteiger partial charge in [-0.3, -0.25) is 9.10 Å². The Kier molecular flexibility index (Phi) is 6.81. The third kappa shape index (κ3) is 5.14. The largest absolute Gasteiger partial charge is 0.348 e. The van der Waals surface area contributed by atoms with Crippen molar-refractivity contribution in [2.45, 2.75) is 38.6 Å². The third-order valence-corrected chi connectivity index (χ3v) is 7.18. The van der Waals surface area contributed by atoms with E-state index >= 15 is 0 Å². The summed E-state index contributed by atoms with van der Waals surface area (Å²) in [5.74, 6) is -0.367. The van der Waals surface area contributed by atoms with Crippen molar-refractivity contribution in [3.63, 3.8) is 0 Å². The van der Waals surface area contributed by atoms with Crippen molar-refractivity contribution in [3.05, 3.63) is 95.1 Å². The highest BCUT2D eigenvalue weighted by atomic mass is 32.2. The maximum absolute atomic E-state index is 13.4. The molecule has 0 aliphatic heterocycles. The summed E-state index contributed by atoms with van der Waals surface area (Å²) < 4.78 is 28.0. The summed E-state index contributed by atoms with van der Waals surface area (Å²) in [6.07, 6.45) is 0. The minimum absolute atomic E-state index is 0.147. The van der Waals surface area contributed by atoms with Crippen LogP contribution >= 0.6 is 0 Å². The molecule has 0 bridgehead atoms. The van der Waals surface area contributed by atoms with E-state index in [1.165, 1.54) is 22.0 Å². The summed E-state index contributed by atoms with van der Waals surface area (Å²) in [6, 6.07) is 21.1. The van der Waals surface area contributed by atoms with Crippen LogP contribution < -0.4 is 9.62 Å². The Hall–Kier alpha value is -3.12. The van der Waals surface area contributed by atoms with Gasteiger partial charge in [0.2, 0.25) is 5.91 Å². The van der Waals surface area contributed by atoms with E-state index in [4.69, 9.17) is 0 Å². The molecule has 3 aromatic rings. The van der Waals surface area contributed by atoms with Crippen molar-refractivity contribution in [1.82, 2.24) is 5.32 Å². The summed E-state index contributed by atoms with van der Waals surface area (Å²) in [5, 5.41) is 2.94. The normalized spacial score (nSPS) is 12.3. The fourth-order valence-electron chi connectivity index (χ4n) is 3.40. The van der Waals surface area contributed by atoms with Gasteiger partial charge in [0.25, 0.3) is 10.0 Å². The number of hydrogen-bond acceptors (Lipinski definition) is 3. The molecular weight excluding hydrogens is 408 g/mol. The molecule has 0 heterocycles. The van der Waals surface area contributed by atoms with Gasteiger partial charge >= 0.3 is 0 Å². The molecule has 0 spiro atoms. The minimum Gasteiger partial charge on any atom is -0.348 e. The number of benzene rings is 3. The van der Waals surface area contributed by atoms with Crippen LogP contribution in [0.25, 0.3) is 0 Å². The van der Waals surface area contributed by atoms with Crippen molar-refractivity contribution >= 4 is 21.6 Å². The van der Waals surface area contributed by atoms with Gasteiger partial charge in [-0.1, -0.05) is 54.6 Å². The van der Waals surface area contributed by atoms with Crippen LogP contribution in [0.1, 0.15) is 35.2 Å². The number of hydrogen-bond donors (Lipinski definition) is 1. The number of carbonyl (C=O) groups is 1. The first kappa shape index (κ1) is 22.6. The fraction of sp³-hybridized carbons (Fsp3) is 0.240. The molecule has 162 valence electrons. The highest BCUT2D eigenvalue weighted by Crippen LogP contribution is 2.26. The molecule has 0 saturated carbocycles. The second-order valence-electron chi connectivity index (χ2n) is 7.74. The second kappa shape index (κ2) is 9.35. The first-order chi connectivity index (χ1) is 14.7. The van der Waals surface area contributed by atoms with E-state index in [2.05, 4.69) is 5.32 Å². The Labute approximate surface area is 184 Å². The molecule has 1 atom stereocenters. The number of nitrogens with zero attached hydrogens (tertiary/aromatic N) is 1. The lowest BCUT2D eigenvalue weighted by Crippen LogP contribution is -2.41. The highest BCUT2D eigenvalue weighted by Gasteiger charge is 2.28. The minimum atomic E-state index is -3.91. The molecule has 6 heteroatoms. The average Bonchev–Trinajstić information content (AvgIpc) is 2.75. The maximum atomic E-state index is 13.4. The second-order valence-corrected chi connectivity index (χ2v) is 9.61. The lowest BCUT2D eigenvalue weighted by Gasteiger charge is -2.26. The molecule has 0 fully saturated rings. The molecule has 0 aliphatic carbocycles. The van der Waals surface area contributed by atoms with Gasteiger partial charge in [-0.15, -0.1) is 0 Å². The predicted molar refractivity (Wildman–Crippen MR) is 125 cm³/mol. The molecule has 1 unspecified atom stereocenters. The predicted octanol–water partition coefficient (Wildman–Crippen LogP) is 4.68. The zero-order chi connectivity index (χ0) is 22.6. The SMILES string of the molecule is Cc1ccc(C(C)NC(=O)CN(c2ccccc2C)S(=O)(=O)c2ccccc2)cc1C. The number of aryl methyl sites for hydroxylation is 3. The fourth-order valence-corrected chi connectivity index (χ4v) is 4.90. The van der Waals surface area contributed by atoms with E-state index < -0.39 is 10.0 Å². The van der Waals surface area contributed by atoms with Gasteiger partial charge in [0, 0.05) is 0 Å². The zero-order valence-electron chi connectivity index (χ0n) is 18.3. The number of sulfonamides is 1. The molecule has 5 nitrogen and oxygen atoms in total. The topological polar surface area (TPSA) is 66.5 Å². The van der Waals surface area contributed by atoms with Crippen LogP contribution in [0, 0.1) is 20.8 Å². The van der Waals surface area contributed by atoms with Gasteiger partial charge in [0.1, 0.15) is 6.54 Å². The van der Waals surface area contributed by atoms with Gasteiger partial charge < -0.3 is 5.32 Å². The van der Waals surface area contributed by atoms with Crippen LogP contribution in [-0.2, 0) is 14.8 Å². The summed E-state index contributed by atoms with van der Waals surface area (Å²) >= 11 is 0. The smallest absolute Gasteiger partial charge is 0.264 e. The van der Waals surface area contributed by atoms with E-state index in [0.717, 1.165) is 16.7 Å². The summed E-state index contributed by atoms with van der Waals surface area (Å²) in [5.41, 5.74) is 4.57. The Morgan fingerprint density at radius 3 is 2.16 bits per heavy atom. The van der Waals surface area contributed by atoms with E-state index in [0.29, 0.717) is 5.69 Å². The summed E-state index contributed by atoms with van der Waals surface area (Å²) in [7, 11) is -3.91. The quantitative estimate of drug-likeness (QED) is 0.585. The summed E-state index contributed by atoms with van der Waals surface area (Å²) in [4.78, 5) is 13.1. The molecular formula is C25H28N2O3S. The number of rotatable bonds is 7.